The molecule has 0 radical (unpaired) electrons. The normalized spacial score (nSPS) is 12.4. The van der Waals surface area contributed by atoms with Crippen LogP contribution in [0, 0.1) is 5.92 Å². The number of hydrogen-bond donors (Lipinski definition) is 2. The third-order valence-electron chi connectivity index (χ3n) is 4.79. The first-order valence-corrected chi connectivity index (χ1v) is 10.8. The molecule has 0 aliphatic heterocycles. The molecule has 2 aromatic rings. The molecule has 3 N–H and O–H groups in total. The molecule has 1 unspecified atom stereocenters. The predicted octanol–water partition coefficient (Wildman–Crippen LogP) is 6.13. The van der Waals surface area contributed by atoms with E-state index in [1.807, 2.05) is 23.5 Å². The number of nitrogen functional groups attached to an aromatic ring is 1. The Balaban J connectivity index is 1.70. The van der Waals surface area contributed by atoms with Crippen LogP contribution in [0.25, 0.3) is 11.1 Å². The minimum Gasteiger partial charge on any atom is -0.399 e. The molecule has 2 nitrogen and oxygen atoms in total. The van der Waals surface area contributed by atoms with Crippen molar-refractivity contribution in [2.45, 2.75) is 58.8 Å². The van der Waals surface area contributed by atoms with Gasteiger partial charge in [0, 0.05) is 5.69 Å². The maximum Gasteiger partial charge on any atom is 0.0314 e. The molecule has 1 atom stereocenters. The SMILES string of the molecule is CCCCCNCCCCC(C)Cc1cscc1-c1ccc(N)cc1. The van der Waals surface area contributed by atoms with Crippen molar-refractivity contribution in [3.8, 4) is 11.1 Å². The Hall–Kier alpha value is -1.32. The largest absolute Gasteiger partial charge is 0.399 e. The maximum atomic E-state index is 5.81. The number of thiophene rings is 1. The van der Waals surface area contributed by atoms with E-state index in [0.29, 0.717) is 0 Å². The van der Waals surface area contributed by atoms with Crippen molar-refractivity contribution >= 4 is 17.0 Å². The molecule has 0 bridgehead atoms. The number of nitrogens with two attached hydrogens (primary N) is 1. The summed E-state index contributed by atoms with van der Waals surface area (Å²) in [6.45, 7) is 7.00. The van der Waals surface area contributed by atoms with Crippen LogP contribution in [0.15, 0.2) is 35.0 Å². The first-order valence-electron chi connectivity index (χ1n) is 9.82. The van der Waals surface area contributed by atoms with Crippen LogP contribution >= 0.6 is 11.3 Å². The van der Waals surface area contributed by atoms with Gasteiger partial charge in [0.1, 0.15) is 0 Å². The Morgan fingerprint density at radius 2 is 1.72 bits per heavy atom. The highest BCUT2D eigenvalue weighted by Gasteiger charge is 2.10. The van der Waals surface area contributed by atoms with Gasteiger partial charge in [-0.3, -0.25) is 0 Å². The van der Waals surface area contributed by atoms with E-state index >= 15 is 0 Å². The molecule has 1 heterocycles. The second-order valence-corrected chi connectivity index (χ2v) is 7.94. The van der Waals surface area contributed by atoms with Crippen LogP contribution in [0.1, 0.15) is 57.9 Å². The number of nitrogens with one attached hydrogen (secondary N) is 1. The zero-order valence-corrected chi connectivity index (χ0v) is 16.7. The predicted molar refractivity (Wildman–Crippen MR) is 113 cm³/mol. The molecule has 0 saturated carbocycles. The lowest BCUT2D eigenvalue weighted by Crippen LogP contribution is -2.16. The highest BCUT2D eigenvalue weighted by molar-refractivity contribution is 7.08. The van der Waals surface area contributed by atoms with Crippen LogP contribution in [-0.4, -0.2) is 13.1 Å². The van der Waals surface area contributed by atoms with E-state index in [1.54, 1.807) is 0 Å². The van der Waals surface area contributed by atoms with E-state index in [-0.39, 0.29) is 0 Å². The van der Waals surface area contributed by atoms with Gasteiger partial charge < -0.3 is 11.1 Å². The van der Waals surface area contributed by atoms with Gasteiger partial charge in [-0.25, -0.2) is 0 Å². The van der Waals surface area contributed by atoms with Gasteiger partial charge in [-0.2, -0.15) is 11.3 Å². The zero-order valence-electron chi connectivity index (χ0n) is 15.9. The Bertz CT molecular complexity index is 588. The maximum absolute atomic E-state index is 5.81. The minimum atomic E-state index is 0.738. The quantitative estimate of drug-likeness (QED) is 0.354. The minimum absolute atomic E-state index is 0.738. The molecular formula is C22H34N2S. The molecule has 0 amide bonds. The van der Waals surface area contributed by atoms with E-state index in [2.05, 4.69) is 42.1 Å². The fourth-order valence-corrected chi connectivity index (χ4v) is 4.12. The molecule has 138 valence electrons. The Morgan fingerprint density at radius 3 is 2.44 bits per heavy atom. The topological polar surface area (TPSA) is 38.0 Å². The van der Waals surface area contributed by atoms with Crippen LogP contribution in [0.2, 0.25) is 0 Å². The second kappa shape index (κ2) is 11.3. The van der Waals surface area contributed by atoms with Gasteiger partial charge in [0.05, 0.1) is 0 Å². The van der Waals surface area contributed by atoms with Crippen LogP contribution in [0.5, 0.6) is 0 Å². The fraction of sp³-hybridized carbons (Fsp3) is 0.545. The van der Waals surface area contributed by atoms with E-state index in [1.165, 1.54) is 74.7 Å². The lowest BCUT2D eigenvalue weighted by Gasteiger charge is -2.13. The van der Waals surface area contributed by atoms with Gasteiger partial charge in [-0.05, 0) is 77.9 Å². The molecule has 2 rings (SSSR count). The molecule has 25 heavy (non-hydrogen) atoms. The summed E-state index contributed by atoms with van der Waals surface area (Å²) in [4.78, 5) is 0. The Morgan fingerprint density at radius 1 is 1.00 bits per heavy atom. The van der Waals surface area contributed by atoms with Gasteiger partial charge in [-0.15, -0.1) is 0 Å². The van der Waals surface area contributed by atoms with Gasteiger partial charge in [-0.1, -0.05) is 51.7 Å². The number of unbranched alkanes of at least 4 members (excludes halogenated alkanes) is 3. The van der Waals surface area contributed by atoms with Crippen LogP contribution in [-0.2, 0) is 6.42 Å². The van der Waals surface area contributed by atoms with E-state index in [0.717, 1.165) is 11.6 Å². The van der Waals surface area contributed by atoms with Crippen molar-refractivity contribution in [2.24, 2.45) is 5.92 Å². The van der Waals surface area contributed by atoms with Gasteiger partial charge in [0.25, 0.3) is 0 Å². The summed E-state index contributed by atoms with van der Waals surface area (Å²) >= 11 is 1.81. The molecule has 0 spiro atoms. The third kappa shape index (κ3) is 7.21. The van der Waals surface area contributed by atoms with E-state index in [4.69, 9.17) is 5.73 Å². The van der Waals surface area contributed by atoms with E-state index in [9.17, 15) is 0 Å². The highest BCUT2D eigenvalue weighted by atomic mass is 32.1. The van der Waals surface area contributed by atoms with Gasteiger partial charge in [0.2, 0.25) is 0 Å². The molecule has 0 aliphatic rings. The van der Waals surface area contributed by atoms with E-state index < -0.39 is 0 Å². The van der Waals surface area contributed by atoms with Crippen LogP contribution in [0.4, 0.5) is 5.69 Å². The first-order chi connectivity index (χ1) is 12.2. The summed E-state index contributed by atoms with van der Waals surface area (Å²) in [6.07, 6.45) is 9.08. The molecule has 1 aromatic heterocycles. The monoisotopic (exact) mass is 358 g/mol. The standard InChI is InChI=1S/C22H34N2S/c1-3-4-6-13-24-14-7-5-8-18(2)15-20-16-25-17-22(20)19-9-11-21(23)12-10-19/h9-12,16-18,24H,3-8,13-15,23H2,1-2H3. The van der Waals surface area contributed by atoms with Crippen LogP contribution < -0.4 is 11.1 Å². The number of benzene rings is 1. The molecule has 0 saturated heterocycles. The van der Waals surface area contributed by atoms with Crippen molar-refractivity contribution in [1.29, 1.82) is 0 Å². The van der Waals surface area contributed by atoms with Gasteiger partial charge >= 0.3 is 0 Å². The Kier molecular flexibility index (Phi) is 9.06. The summed E-state index contributed by atoms with van der Waals surface area (Å²) in [6, 6.07) is 8.26. The molecule has 0 fully saturated rings. The summed E-state index contributed by atoms with van der Waals surface area (Å²) in [5.74, 6) is 0.738. The molecule has 3 heteroatoms. The summed E-state index contributed by atoms with van der Waals surface area (Å²) in [7, 11) is 0. The number of hydrogen-bond acceptors (Lipinski definition) is 3. The van der Waals surface area contributed by atoms with Crippen molar-refractivity contribution < 1.29 is 0 Å². The van der Waals surface area contributed by atoms with Crippen molar-refractivity contribution in [2.75, 3.05) is 18.8 Å². The fourth-order valence-electron chi connectivity index (χ4n) is 3.24. The summed E-state index contributed by atoms with van der Waals surface area (Å²) in [5.41, 5.74) is 10.8. The first kappa shape index (κ1) is 20.0. The number of anilines is 1. The lowest BCUT2D eigenvalue weighted by molar-refractivity contribution is 0.484. The number of rotatable bonds is 12. The van der Waals surface area contributed by atoms with Gasteiger partial charge in [0.15, 0.2) is 0 Å². The summed E-state index contributed by atoms with van der Waals surface area (Å²) in [5, 5.41) is 8.15. The molecule has 0 aliphatic carbocycles. The molecular weight excluding hydrogens is 324 g/mol. The van der Waals surface area contributed by atoms with Crippen molar-refractivity contribution in [3.05, 3.63) is 40.6 Å². The third-order valence-corrected chi connectivity index (χ3v) is 5.58. The Labute approximate surface area is 157 Å². The average Bonchev–Trinajstić information content (AvgIpc) is 3.06. The molecule has 1 aromatic carbocycles. The van der Waals surface area contributed by atoms with Crippen molar-refractivity contribution in [3.63, 3.8) is 0 Å². The smallest absolute Gasteiger partial charge is 0.0314 e. The second-order valence-electron chi connectivity index (χ2n) is 7.19. The zero-order chi connectivity index (χ0) is 17.9. The average molecular weight is 359 g/mol. The lowest BCUT2D eigenvalue weighted by atomic mass is 9.93. The van der Waals surface area contributed by atoms with Crippen LogP contribution in [0.3, 0.4) is 0 Å². The highest BCUT2D eigenvalue weighted by Crippen LogP contribution is 2.30. The van der Waals surface area contributed by atoms with Crippen molar-refractivity contribution in [1.82, 2.24) is 5.32 Å². The summed E-state index contributed by atoms with van der Waals surface area (Å²) < 4.78 is 0.